The molecule has 0 unspecified atom stereocenters. The van der Waals surface area contributed by atoms with Gasteiger partial charge in [-0.3, -0.25) is 0 Å². The predicted octanol–water partition coefficient (Wildman–Crippen LogP) is 7.79. The van der Waals surface area contributed by atoms with Crippen LogP contribution in [-0.4, -0.2) is 14.1 Å². The second kappa shape index (κ2) is 7.46. The van der Waals surface area contributed by atoms with Gasteiger partial charge in [0.05, 0.1) is 22.2 Å². The molecule has 7 rings (SSSR count). The van der Waals surface area contributed by atoms with E-state index in [4.69, 9.17) is 4.98 Å². The molecule has 0 saturated carbocycles. The molecule has 0 spiro atoms. The summed E-state index contributed by atoms with van der Waals surface area (Å²) in [6.45, 7) is 0. The lowest BCUT2D eigenvalue weighted by atomic mass is 10.1. The Labute approximate surface area is 197 Å². The second-order valence-electron chi connectivity index (χ2n) is 8.52. The maximum absolute atomic E-state index is 5.04. The Hall–Kier alpha value is -4.63. The van der Waals surface area contributed by atoms with Gasteiger partial charge in [-0.25, -0.2) is 4.98 Å². The van der Waals surface area contributed by atoms with E-state index in [1.165, 1.54) is 32.7 Å². The number of aromatic nitrogens is 3. The smallest absolute Gasteiger partial charge is 0.137 e. The molecule has 0 bridgehead atoms. The third-order valence-corrected chi connectivity index (χ3v) is 6.55. The van der Waals surface area contributed by atoms with Crippen molar-refractivity contribution >= 4 is 32.7 Å². The number of hydrogen-bond donors (Lipinski definition) is 0. The first-order valence-corrected chi connectivity index (χ1v) is 11.5. The van der Waals surface area contributed by atoms with Gasteiger partial charge in [0.2, 0.25) is 0 Å². The van der Waals surface area contributed by atoms with E-state index >= 15 is 0 Å². The first-order chi connectivity index (χ1) is 16.9. The predicted molar refractivity (Wildman–Crippen MR) is 141 cm³/mol. The Balaban J connectivity index is 1.55. The number of fused-ring (bicyclic) bond motifs is 5. The van der Waals surface area contributed by atoms with Gasteiger partial charge < -0.3 is 9.13 Å². The Bertz CT molecular complexity index is 1790. The van der Waals surface area contributed by atoms with Gasteiger partial charge in [-0.05, 0) is 42.5 Å². The van der Waals surface area contributed by atoms with Crippen LogP contribution in [-0.2, 0) is 0 Å². The molecule has 4 aromatic carbocycles. The maximum atomic E-state index is 5.04. The summed E-state index contributed by atoms with van der Waals surface area (Å²) < 4.78 is 4.58. The molecule has 0 amide bonds. The minimum atomic E-state index is 0.917. The largest absolute Gasteiger partial charge is 0.309 e. The summed E-state index contributed by atoms with van der Waals surface area (Å²) in [5, 5.41) is 3.69. The van der Waals surface area contributed by atoms with Crippen molar-refractivity contribution in [2.24, 2.45) is 0 Å². The molecule has 0 radical (unpaired) electrons. The zero-order chi connectivity index (χ0) is 22.5. The monoisotopic (exact) mass is 435 g/mol. The SMILES string of the molecule is c1ccc(-c2cccc(-n3ccc4ccc5c(c6ccccc6n5-c5ccccc5)c43)n2)cc1. The molecule has 34 heavy (non-hydrogen) atoms. The third kappa shape index (κ3) is 2.81. The van der Waals surface area contributed by atoms with Crippen LogP contribution < -0.4 is 0 Å². The highest BCUT2D eigenvalue weighted by atomic mass is 15.1. The molecule has 7 aromatic rings. The van der Waals surface area contributed by atoms with E-state index in [2.05, 4.69) is 131 Å². The molecule has 0 N–H and O–H groups in total. The van der Waals surface area contributed by atoms with E-state index < -0.39 is 0 Å². The van der Waals surface area contributed by atoms with Crippen molar-refractivity contribution in [3.8, 4) is 22.8 Å². The zero-order valence-electron chi connectivity index (χ0n) is 18.5. The molecule has 3 nitrogen and oxygen atoms in total. The number of nitrogens with zero attached hydrogens (tertiary/aromatic N) is 3. The molecule has 0 aliphatic rings. The summed E-state index contributed by atoms with van der Waals surface area (Å²) in [6.07, 6.45) is 2.13. The minimum absolute atomic E-state index is 0.917. The molecule has 3 heterocycles. The van der Waals surface area contributed by atoms with Gasteiger partial charge in [0.15, 0.2) is 0 Å². The van der Waals surface area contributed by atoms with Crippen LogP contribution >= 0.6 is 0 Å². The van der Waals surface area contributed by atoms with E-state index in [1.807, 2.05) is 6.07 Å². The molecular weight excluding hydrogens is 414 g/mol. The molecular formula is C31H21N3. The van der Waals surface area contributed by atoms with Crippen molar-refractivity contribution in [3.05, 3.63) is 128 Å². The van der Waals surface area contributed by atoms with Crippen molar-refractivity contribution in [1.82, 2.24) is 14.1 Å². The molecule has 0 fully saturated rings. The van der Waals surface area contributed by atoms with Crippen molar-refractivity contribution in [1.29, 1.82) is 0 Å². The van der Waals surface area contributed by atoms with Crippen LogP contribution in [0.15, 0.2) is 128 Å². The lowest BCUT2D eigenvalue weighted by molar-refractivity contribution is 1.05. The van der Waals surface area contributed by atoms with Crippen molar-refractivity contribution in [2.45, 2.75) is 0 Å². The van der Waals surface area contributed by atoms with E-state index in [-0.39, 0.29) is 0 Å². The molecule has 3 aromatic heterocycles. The van der Waals surface area contributed by atoms with E-state index in [1.54, 1.807) is 0 Å². The van der Waals surface area contributed by atoms with Crippen molar-refractivity contribution < 1.29 is 0 Å². The van der Waals surface area contributed by atoms with E-state index in [0.29, 0.717) is 0 Å². The summed E-state index contributed by atoms with van der Waals surface area (Å²) >= 11 is 0. The van der Waals surface area contributed by atoms with Gasteiger partial charge in [-0.2, -0.15) is 0 Å². The van der Waals surface area contributed by atoms with Crippen molar-refractivity contribution in [2.75, 3.05) is 0 Å². The van der Waals surface area contributed by atoms with Crippen LogP contribution in [0.2, 0.25) is 0 Å². The lowest BCUT2D eigenvalue weighted by Gasteiger charge is -2.10. The van der Waals surface area contributed by atoms with Gasteiger partial charge >= 0.3 is 0 Å². The zero-order valence-corrected chi connectivity index (χ0v) is 18.5. The number of para-hydroxylation sites is 2. The van der Waals surface area contributed by atoms with Gasteiger partial charge in [-0.1, -0.05) is 78.9 Å². The Morgan fingerprint density at radius 1 is 0.559 bits per heavy atom. The highest BCUT2D eigenvalue weighted by Gasteiger charge is 2.17. The van der Waals surface area contributed by atoms with E-state index in [0.717, 1.165) is 22.8 Å². The minimum Gasteiger partial charge on any atom is -0.309 e. The first-order valence-electron chi connectivity index (χ1n) is 11.5. The number of rotatable bonds is 3. The molecule has 3 heteroatoms. The van der Waals surface area contributed by atoms with Crippen molar-refractivity contribution in [3.63, 3.8) is 0 Å². The highest BCUT2D eigenvalue weighted by molar-refractivity contribution is 6.20. The van der Waals surface area contributed by atoms with Gasteiger partial charge in [-0.15, -0.1) is 0 Å². The Morgan fingerprint density at radius 2 is 1.32 bits per heavy atom. The van der Waals surface area contributed by atoms with E-state index in [9.17, 15) is 0 Å². The normalized spacial score (nSPS) is 11.5. The van der Waals surface area contributed by atoms with Crippen LogP contribution in [0.25, 0.3) is 55.5 Å². The fraction of sp³-hybridized carbons (Fsp3) is 0. The van der Waals surface area contributed by atoms with Gasteiger partial charge in [0, 0.05) is 33.6 Å². The maximum Gasteiger partial charge on any atom is 0.137 e. The number of benzene rings is 4. The van der Waals surface area contributed by atoms with Crippen LogP contribution in [0, 0.1) is 0 Å². The fourth-order valence-electron chi connectivity index (χ4n) is 5.05. The van der Waals surface area contributed by atoms with Crippen LogP contribution in [0.4, 0.5) is 0 Å². The summed E-state index contributed by atoms with van der Waals surface area (Å²) in [6, 6.07) is 42.5. The van der Waals surface area contributed by atoms with Crippen LogP contribution in [0.5, 0.6) is 0 Å². The summed E-state index contributed by atoms with van der Waals surface area (Å²) in [5.41, 5.74) is 6.83. The topological polar surface area (TPSA) is 22.8 Å². The molecule has 0 saturated heterocycles. The second-order valence-corrected chi connectivity index (χ2v) is 8.52. The standard InChI is InChI=1S/C31H21N3/c1-3-10-22(11-4-1)26-15-9-17-29(32-26)33-21-20-23-18-19-28-30(31(23)33)25-14-7-8-16-27(25)34(28)24-12-5-2-6-13-24/h1-21H. The molecule has 0 atom stereocenters. The fourth-order valence-corrected chi connectivity index (χ4v) is 5.05. The summed E-state index contributed by atoms with van der Waals surface area (Å²) in [4.78, 5) is 5.04. The van der Waals surface area contributed by atoms with Crippen LogP contribution in [0.1, 0.15) is 0 Å². The molecule has 0 aliphatic heterocycles. The van der Waals surface area contributed by atoms with Gasteiger partial charge in [0.1, 0.15) is 5.82 Å². The summed E-state index contributed by atoms with van der Waals surface area (Å²) in [5.74, 6) is 0.917. The molecule has 160 valence electrons. The Kier molecular flexibility index (Phi) is 4.15. The highest BCUT2D eigenvalue weighted by Crippen LogP contribution is 2.38. The Morgan fingerprint density at radius 3 is 2.18 bits per heavy atom. The van der Waals surface area contributed by atoms with Crippen LogP contribution in [0.3, 0.4) is 0 Å². The average molecular weight is 436 g/mol. The average Bonchev–Trinajstić information content (AvgIpc) is 3.49. The first kappa shape index (κ1) is 18.9. The lowest BCUT2D eigenvalue weighted by Crippen LogP contribution is -1.97. The number of pyridine rings is 1. The summed E-state index contributed by atoms with van der Waals surface area (Å²) in [7, 11) is 0. The van der Waals surface area contributed by atoms with Gasteiger partial charge in [0.25, 0.3) is 0 Å². The quantitative estimate of drug-likeness (QED) is 0.278. The third-order valence-electron chi connectivity index (χ3n) is 6.55. The number of hydrogen-bond acceptors (Lipinski definition) is 1. The molecule has 0 aliphatic carbocycles.